The highest BCUT2D eigenvalue weighted by atomic mass is 19.4. The summed E-state index contributed by atoms with van der Waals surface area (Å²) in [5, 5.41) is 2.20. The first-order valence-electron chi connectivity index (χ1n) is 3.79. The van der Waals surface area contributed by atoms with E-state index < -0.39 is 17.5 Å². The van der Waals surface area contributed by atoms with Crippen LogP contribution in [0.15, 0.2) is 0 Å². The molecule has 1 rings (SSSR count). The summed E-state index contributed by atoms with van der Waals surface area (Å²) in [6.45, 7) is 1.85. The van der Waals surface area contributed by atoms with E-state index in [1.807, 2.05) is 0 Å². The highest BCUT2D eigenvalue weighted by molar-refractivity contribution is 5.86. The molecule has 0 saturated heterocycles. The van der Waals surface area contributed by atoms with Crippen LogP contribution in [0.2, 0.25) is 0 Å². The van der Waals surface area contributed by atoms with Crippen LogP contribution in [0.25, 0.3) is 0 Å². The summed E-state index contributed by atoms with van der Waals surface area (Å²) in [6.07, 6.45) is -4.52. The Hall–Kier alpha value is -0.740. The van der Waals surface area contributed by atoms with Crippen molar-refractivity contribution in [3.05, 3.63) is 0 Å². The van der Waals surface area contributed by atoms with Crippen LogP contribution in [0.1, 0.15) is 19.8 Å². The average Bonchev–Trinajstić information content (AvgIpc) is 2.63. The number of hydrogen-bond acceptors (Lipinski definition) is 1. The van der Waals surface area contributed by atoms with Gasteiger partial charge in [0, 0.05) is 6.54 Å². The normalized spacial score (nSPS) is 20.3. The van der Waals surface area contributed by atoms with Crippen LogP contribution in [0.4, 0.5) is 13.2 Å². The second-order valence-corrected chi connectivity index (χ2v) is 2.94. The molecule has 1 aliphatic carbocycles. The maximum Gasteiger partial charge on any atom is 0.403 e. The average molecular weight is 181 g/mol. The van der Waals surface area contributed by atoms with E-state index in [0.717, 1.165) is 0 Å². The maximum absolute atomic E-state index is 12.2. The third-order valence-electron chi connectivity index (χ3n) is 2.06. The fourth-order valence-corrected chi connectivity index (χ4v) is 1.09. The molecule has 0 heterocycles. The molecule has 0 aromatic rings. The van der Waals surface area contributed by atoms with Crippen molar-refractivity contribution in [1.29, 1.82) is 0 Å². The Morgan fingerprint density at radius 3 is 2.25 bits per heavy atom. The molecule has 1 amide bonds. The van der Waals surface area contributed by atoms with Gasteiger partial charge in [0.25, 0.3) is 0 Å². The number of hydrogen-bond donors (Lipinski definition) is 1. The number of rotatable bonds is 2. The van der Waals surface area contributed by atoms with Gasteiger partial charge in [-0.25, -0.2) is 0 Å². The maximum atomic E-state index is 12.2. The lowest BCUT2D eigenvalue weighted by Crippen LogP contribution is -2.41. The highest BCUT2D eigenvalue weighted by Gasteiger charge is 2.68. The van der Waals surface area contributed by atoms with Crippen LogP contribution >= 0.6 is 0 Å². The number of nitrogens with one attached hydrogen (secondary N) is 1. The smallest absolute Gasteiger partial charge is 0.356 e. The number of carbonyl (C=O) groups excluding carboxylic acids is 1. The summed E-state index contributed by atoms with van der Waals surface area (Å²) in [6, 6.07) is 0. The third-order valence-corrected chi connectivity index (χ3v) is 2.06. The predicted molar refractivity (Wildman–Crippen MR) is 36.4 cm³/mol. The molecule has 0 unspecified atom stereocenters. The quantitative estimate of drug-likeness (QED) is 0.686. The van der Waals surface area contributed by atoms with Crippen molar-refractivity contribution in [3.8, 4) is 0 Å². The molecule has 0 aliphatic heterocycles. The Labute approximate surface area is 68.1 Å². The zero-order chi connectivity index (χ0) is 9.41. The third kappa shape index (κ3) is 1.28. The van der Waals surface area contributed by atoms with Gasteiger partial charge in [-0.2, -0.15) is 13.2 Å². The van der Waals surface area contributed by atoms with Gasteiger partial charge in [-0.15, -0.1) is 0 Å². The molecule has 1 N–H and O–H groups in total. The van der Waals surface area contributed by atoms with Crippen LogP contribution < -0.4 is 5.32 Å². The second-order valence-electron chi connectivity index (χ2n) is 2.94. The van der Waals surface area contributed by atoms with Crippen LogP contribution in [-0.4, -0.2) is 18.6 Å². The number of alkyl halides is 3. The van der Waals surface area contributed by atoms with E-state index >= 15 is 0 Å². The summed E-state index contributed by atoms with van der Waals surface area (Å²) in [7, 11) is 0. The molecule has 70 valence electrons. The molecule has 0 aromatic carbocycles. The Morgan fingerprint density at radius 1 is 1.50 bits per heavy atom. The Kier molecular flexibility index (Phi) is 2.06. The highest BCUT2D eigenvalue weighted by Crippen LogP contribution is 2.57. The molecule has 2 nitrogen and oxygen atoms in total. The molecule has 5 heteroatoms. The van der Waals surface area contributed by atoms with Crippen molar-refractivity contribution in [1.82, 2.24) is 5.32 Å². The molecule has 12 heavy (non-hydrogen) atoms. The number of halogens is 3. The summed E-state index contributed by atoms with van der Waals surface area (Å²) in [4.78, 5) is 10.9. The zero-order valence-electron chi connectivity index (χ0n) is 6.66. The minimum atomic E-state index is -4.38. The first-order chi connectivity index (χ1) is 5.44. The van der Waals surface area contributed by atoms with Gasteiger partial charge in [0.05, 0.1) is 0 Å². The Bertz CT molecular complexity index is 195. The van der Waals surface area contributed by atoms with E-state index in [1.54, 1.807) is 6.92 Å². The van der Waals surface area contributed by atoms with Crippen molar-refractivity contribution in [2.75, 3.05) is 6.54 Å². The van der Waals surface area contributed by atoms with Gasteiger partial charge in [-0.1, -0.05) is 0 Å². The number of carbonyl (C=O) groups is 1. The lowest BCUT2D eigenvalue weighted by molar-refractivity contribution is -0.192. The zero-order valence-corrected chi connectivity index (χ0v) is 6.66. The van der Waals surface area contributed by atoms with E-state index in [9.17, 15) is 18.0 Å². The molecule has 1 saturated carbocycles. The van der Waals surface area contributed by atoms with E-state index in [-0.39, 0.29) is 19.4 Å². The summed E-state index contributed by atoms with van der Waals surface area (Å²) in [5.41, 5.74) is -2.05. The van der Waals surface area contributed by atoms with Crippen LogP contribution in [0.3, 0.4) is 0 Å². The van der Waals surface area contributed by atoms with Gasteiger partial charge < -0.3 is 5.32 Å². The summed E-state index contributed by atoms with van der Waals surface area (Å²) >= 11 is 0. The van der Waals surface area contributed by atoms with Crippen molar-refractivity contribution in [3.63, 3.8) is 0 Å². The molecular formula is C7H10F3NO. The molecule has 0 atom stereocenters. The van der Waals surface area contributed by atoms with Crippen molar-refractivity contribution in [2.45, 2.75) is 25.9 Å². The largest absolute Gasteiger partial charge is 0.403 e. The van der Waals surface area contributed by atoms with Crippen molar-refractivity contribution < 1.29 is 18.0 Å². The molecule has 0 bridgehead atoms. The van der Waals surface area contributed by atoms with E-state index in [0.29, 0.717) is 0 Å². The fraction of sp³-hybridized carbons (Fsp3) is 0.857. The second kappa shape index (κ2) is 2.64. The van der Waals surface area contributed by atoms with Crippen LogP contribution in [0, 0.1) is 5.41 Å². The SMILES string of the molecule is CCNC(=O)C1(C(F)(F)F)CC1. The van der Waals surface area contributed by atoms with Crippen LogP contribution in [-0.2, 0) is 4.79 Å². The summed E-state index contributed by atoms with van der Waals surface area (Å²) in [5.74, 6) is -0.877. The van der Waals surface area contributed by atoms with Gasteiger partial charge >= 0.3 is 6.18 Å². The first-order valence-corrected chi connectivity index (χ1v) is 3.79. The molecule has 1 aliphatic rings. The Balaban J connectivity index is 2.67. The van der Waals surface area contributed by atoms with Gasteiger partial charge in [0.15, 0.2) is 0 Å². The van der Waals surface area contributed by atoms with Gasteiger partial charge in [-0.3, -0.25) is 4.79 Å². The molecular weight excluding hydrogens is 171 g/mol. The van der Waals surface area contributed by atoms with Gasteiger partial charge in [-0.05, 0) is 19.8 Å². The van der Waals surface area contributed by atoms with E-state index in [1.165, 1.54) is 0 Å². The Morgan fingerprint density at radius 2 is 2.00 bits per heavy atom. The summed E-state index contributed by atoms with van der Waals surface area (Å²) < 4.78 is 36.6. The predicted octanol–water partition coefficient (Wildman–Crippen LogP) is 1.47. The number of amides is 1. The standard InChI is InChI=1S/C7H10F3NO/c1-2-11-5(12)6(3-4-6)7(8,9)10/h2-4H2,1H3,(H,11,12). The molecule has 0 radical (unpaired) electrons. The lowest BCUT2D eigenvalue weighted by atomic mass is 10.1. The fourth-order valence-electron chi connectivity index (χ4n) is 1.09. The lowest BCUT2D eigenvalue weighted by Gasteiger charge is -2.17. The van der Waals surface area contributed by atoms with Crippen molar-refractivity contribution in [2.24, 2.45) is 5.41 Å². The van der Waals surface area contributed by atoms with E-state index in [2.05, 4.69) is 5.32 Å². The molecule has 0 aromatic heterocycles. The van der Waals surface area contributed by atoms with E-state index in [4.69, 9.17) is 0 Å². The van der Waals surface area contributed by atoms with Crippen LogP contribution in [0.5, 0.6) is 0 Å². The topological polar surface area (TPSA) is 29.1 Å². The first kappa shape index (κ1) is 9.35. The van der Waals surface area contributed by atoms with Gasteiger partial charge in [0.2, 0.25) is 5.91 Å². The monoisotopic (exact) mass is 181 g/mol. The minimum Gasteiger partial charge on any atom is -0.356 e. The molecule has 1 fully saturated rings. The minimum absolute atomic E-state index is 0.0671. The molecule has 0 spiro atoms. The van der Waals surface area contributed by atoms with Gasteiger partial charge in [0.1, 0.15) is 5.41 Å². The van der Waals surface area contributed by atoms with Crippen molar-refractivity contribution >= 4 is 5.91 Å².